The fourth-order valence-electron chi connectivity index (χ4n) is 6.39. The Kier molecular flexibility index (Phi) is 6.05. The maximum atomic E-state index is 13.8. The number of carbonyl (C=O) groups excluding carboxylic acids is 5. The molecule has 1 aromatic carbocycles. The molecule has 2 unspecified atom stereocenters. The Morgan fingerprint density at radius 1 is 1.20 bits per heavy atom. The number of primary amides is 1. The van der Waals surface area contributed by atoms with Gasteiger partial charge >= 0.3 is 0 Å². The van der Waals surface area contributed by atoms with E-state index in [1.54, 1.807) is 20.2 Å². The van der Waals surface area contributed by atoms with Crippen molar-refractivity contribution in [1.82, 2.24) is 4.90 Å². The predicted octanol–water partition coefficient (Wildman–Crippen LogP) is 0.680. The van der Waals surface area contributed by atoms with Gasteiger partial charge in [0.15, 0.2) is 34.7 Å². The molecule has 4 rings (SSSR count). The molecule has 3 aliphatic carbocycles. The van der Waals surface area contributed by atoms with Gasteiger partial charge in [0.1, 0.15) is 5.75 Å². The first-order valence-corrected chi connectivity index (χ1v) is 11.7. The number of hydrogen-bond donors (Lipinski definition) is 3. The Labute approximate surface area is 203 Å². The van der Waals surface area contributed by atoms with Gasteiger partial charge in [-0.15, -0.1) is 0 Å². The van der Waals surface area contributed by atoms with E-state index in [1.807, 2.05) is 19.9 Å². The number of ketones is 4. The number of fused-ring (bicyclic) bond motifs is 3. The molecule has 9 heteroatoms. The van der Waals surface area contributed by atoms with Gasteiger partial charge in [0.2, 0.25) is 5.91 Å². The van der Waals surface area contributed by atoms with Crippen molar-refractivity contribution in [3.63, 3.8) is 0 Å². The molecule has 0 saturated heterocycles. The maximum Gasteiger partial charge on any atom is 0.235 e. The minimum atomic E-state index is -2.71. The number of aliphatic hydroxyl groups is 1. The van der Waals surface area contributed by atoms with Gasteiger partial charge in [-0.3, -0.25) is 28.9 Å². The molecule has 0 radical (unpaired) electrons. The Bertz CT molecular complexity index is 1200. The number of likely N-dealkylation sites (N-methyl/N-ethyl adjacent to an activating group) is 1. The Hall–Kier alpha value is -3.17. The standard InChI is InChI=1S/C26H30N2O7/c1-5-6-11(2)13-7-8-16(29)18-14(13)9-12-10-15-20(28(3)4)22(31)19(25(27)34)24(33)26(15,35)23(32)17(12)21(18)30/h6-8,12,15,17,19-20,29,35H,5,9-10H2,1-4H3,(H2,27,34)/t12-,15-,17?,19?,20-,26-/m1/s1. The summed E-state index contributed by atoms with van der Waals surface area (Å²) in [5, 5.41) is 22.1. The molecular formula is C26H30N2O7. The third-order valence-electron chi connectivity index (χ3n) is 7.88. The second-order valence-corrected chi connectivity index (χ2v) is 10.1. The fraction of sp³-hybridized carbons (Fsp3) is 0.500. The summed E-state index contributed by atoms with van der Waals surface area (Å²) >= 11 is 0. The fourth-order valence-corrected chi connectivity index (χ4v) is 6.39. The van der Waals surface area contributed by atoms with Crippen LogP contribution in [0, 0.1) is 23.7 Å². The number of rotatable bonds is 4. The molecule has 1 aromatic rings. The van der Waals surface area contributed by atoms with E-state index in [0.717, 1.165) is 17.6 Å². The summed E-state index contributed by atoms with van der Waals surface area (Å²) < 4.78 is 0. The van der Waals surface area contributed by atoms with Gasteiger partial charge in [0, 0.05) is 5.92 Å². The van der Waals surface area contributed by atoms with Crippen LogP contribution in [0.3, 0.4) is 0 Å². The summed E-state index contributed by atoms with van der Waals surface area (Å²) in [7, 11) is 3.12. The lowest BCUT2D eigenvalue weighted by molar-refractivity contribution is -0.181. The van der Waals surface area contributed by atoms with Crippen molar-refractivity contribution in [2.75, 3.05) is 14.1 Å². The van der Waals surface area contributed by atoms with Crippen molar-refractivity contribution >= 4 is 34.6 Å². The molecular weight excluding hydrogens is 452 g/mol. The van der Waals surface area contributed by atoms with Crippen LogP contribution >= 0.6 is 0 Å². The topological polar surface area (TPSA) is 155 Å². The van der Waals surface area contributed by atoms with E-state index >= 15 is 0 Å². The number of phenolic OH excluding ortho intramolecular Hbond substituents is 1. The third kappa shape index (κ3) is 3.40. The molecule has 6 atom stereocenters. The number of aromatic hydroxyl groups is 1. The molecule has 0 heterocycles. The number of nitrogens with two attached hydrogens (primary N) is 1. The minimum absolute atomic E-state index is 0.0120. The van der Waals surface area contributed by atoms with E-state index in [2.05, 4.69) is 0 Å². The zero-order valence-electron chi connectivity index (χ0n) is 20.2. The Morgan fingerprint density at radius 3 is 2.43 bits per heavy atom. The number of amides is 1. The van der Waals surface area contributed by atoms with Crippen molar-refractivity contribution < 1.29 is 34.2 Å². The van der Waals surface area contributed by atoms with Gasteiger partial charge in [-0.1, -0.05) is 19.1 Å². The van der Waals surface area contributed by atoms with Gasteiger partial charge in [0.25, 0.3) is 0 Å². The monoisotopic (exact) mass is 482 g/mol. The SMILES string of the molecule is CCC=C(C)c1ccc(O)c2c1C[C@@H]1C[C@@H]3[C@@H](N(C)C)C(=O)C(C(N)=O)C(=O)[C@]3(O)C(=O)C1C2=O. The van der Waals surface area contributed by atoms with Crippen molar-refractivity contribution in [2.45, 2.75) is 44.8 Å². The molecule has 0 spiro atoms. The van der Waals surface area contributed by atoms with Crippen LogP contribution in [0.5, 0.6) is 5.75 Å². The molecule has 4 N–H and O–H groups in total. The molecule has 0 aromatic heterocycles. The van der Waals surface area contributed by atoms with E-state index in [-0.39, 0.29) is 24.2 Å². The molecule has 9 nitrogen and oxygen atoms in total. The molecule has 0 aliphatic heterocycles. The van der Waals surface area contributed by atoms with Crippen LogP contribution in [0.1, 0.15) is 48.2 Å². The summed E-state index contributed by atoms with van der Waals surface area (Å²) in [6, 6.07) is 2.03. The van der Waals surface area contributed by atoms with Crippen LogP contribution in [-0.4, -0.2) is 69.9 Å². The predicted molar refractivity (Wildman–Crippen MR) is 125 cm³/mol. The van der Waals surface area contributed by atoms with E-state index in [4.69, 9.17) is 5.73 Å². The molecule has 35 heavy (non-hydrogen) atoms. The number of carbonyl (C=O) groups is 5. The first-order valence-electron chi connectivity index (χ1n) is 11.7. The highest BCUT2D eigenvalue weighted by atomic mass is 16.3. The zero-order valence-corrected chi connectivity index (χ0v) is 20.2. The molecule has 1 amide bonds. The van der Waals surface area contributed by atoms with Crippen LogP contribution < -0.4 is 5.73 Å². The maximum absolute atomic E-state index is 13.8. The average Bonchev–Trinajstić information content (AvgIpc) is 2.76. The van der Waals surface area contributed by atoms with E-state index in [9.17, 15) is 34.2 Å². The quantitative estimate of drug-likeness (QED) is 0.529. The largest absolute Gasteiger partial charge is 0.507 e. The summed E-state index contributed by atoms with van der Waals surface area (Å²) in [4.78, 5) is 67.2. The molecule has 2 fully saturated rings. The molecule has 0 bridgehead atoms. The van der Waals surface area contributed by atoms with Crippen LogP contribution in [0.15, 0.2) is 18.2 Å². The number of phenols is 1. The minimum Gasteiger partial charge on any atom is -0.507 e. The number of allylic oxidation sites excluding steroid dienone is 2. The lowest BCUT2D eigenvalue weighted by Crippen LogP contribution is -2.74. The number of Topliss-reactive ketones (excluding diaryl/α,β-unsaturated/α-hetero) is 4. The number of nitrogens with zero attached hydrogens (tertiary/aromatic N) is 1. The van der Waals surface area contributed by atoms with Gasteiger partial charge in [-0.05, 0) is 69.0 Å². The first kappa shape index (κ1) is 24.9. The second-order valence-electron chi connectivity index (χ2n) is 10.1. The summed E-state index contributed by atoms with van der Waals surface area (Å²) in [6.45, 7) is 3.89. The molecule has 3 aliphatic rings. The van der Waals surface area contributed by atoms with E-state index in [0.29, 0.717) is 5.56 Å². The van der Waals surface area contributed by atoms with Crippen LogP contribution in [0.4, 0.5) is 0 Å². The Balaban J connectivity index is 1.89. The zero-order chi connectivity index (χ0) is 26.0. The van der Waals surface area contributed by atoms with Crippen molar-refractivity contribution in [1.29, 1.82) is 0 Å². The van der Waals surface area contributed by atoms with Gasteiger partial charge in [-0.25, -0.2) is 0 Å². The smallest absolute Gasteiger partial charge is 0.235 e. The summed E-state index contributed by atoms with van der Waals surface area (Å²) in [5.74, 6) is -10.3. The van der Waals surface area contributed by atoms with Gasteiger partial charge in [0.05, 0.1) is 17.5 Å². The highest BCUT2D eigenvalue weighted by molar-refractivity contribution is 6.32. The first-order chi connectivity index (χ1) is 16.4. The second kappa shape index (κ2) is 8.49. The van der Waals surface area contributed by atoms with E-state index < -0.39 is 64.4 Å². The summed E-state index contributed by atoms with van der Waals surface area (Å²) in [5.41, 5.74) is 4.95. The Morgan fingerprint density at radius 2 is 1.86 bits per heavy atom. The van der Waals surface area contributed by atoms with Crippen LogP contribution in [0.2, 0.25) is 0 Å². The lowest BCUT2D eigenvalue weighted by Gasteiger charge is -2.52. The third-order valence-corrected chi connectivity index (χ3v) is 7.88. The molecule has 186 valence electrons. The van der Waals surface area contributed by atoms with Crippen molar-refractivity contribution in [3.8, 4) is 5.75 Å². The highest BCUT2D eigenvalue weighted by Crippen LogP contribution is 2.51. The molecule has 2 saturated carbocycles. The highest BCUT2D eigenvalue weighted by Gasteiger charge is 2.69. The van der Waals surface area contributed by atoms with Crippen LogP contribution in [0.25, 0.3) is 5.57 Å². The van der Waals surface area contributed by atoms with E-state index in [1.165, 1.54) is 11.0 Å². The van der Waals surface area contributed by atoms with Crippen LogP contribution in [-0.2, 0) is 25.6 Å². The van der Waals surface area contributed by atoms with Crippen molar-refractivity contribution in [3.05, 3.63) is 34.9 Å². The average molecular weight is 483 g/mol. The lowest BCUT2D eigenvalue weighted by atomic mass is 9.52. The normalized spacial score (nSPS) is 32.9. The number of benzene rings is 1. The van der Waals surface area contributed by atoms with Crippen molar-refractivity contribution in [2.24, 2.45) is 29.4 Å². The summed E-state index contributed by atoms with van der Waals surface area (Å²) in [6.07, 6.45) is 3.06. The van der Waals surface area contributed by atoms with Gasteiger partial charge in [-0.2, -0.15) is 0 Å². The van der Waals surface area contributed by atoms with Gasteiger partial charge < -0.3 is 15.9 Å². The number of hydrogen-bond acceptors (Lipinski definition) is 8.